The summed E-state index contributed by atoms with van der Waals surface area (Å²) in [4.78, 5) is 11.9. The van der Waals surface area contributed by atoms with Crippen molar-refractivity contribution in [3.8, 4) is 0 Å². The van der Waals surface area contributed by atoms with E-state index in [1.54, 1.807) is 6.20 Å². The van der Waals surface area contributed by atoms with Crippen molar-refractivity contribution in [1.82, 2.24) is 20.8 Å². The van der Waals surface area contributed by atoms with E-state index < -0.39 is 0 Å². The summed E-state index contributed by atoms with van der Waals surface area (Å²) >= 11 is 0. The Balaban J connectivity index is 1.69. The Morgan fingerprint density at radius 2 is 2.41 bits per heavy atom. The number of aromatic nitrogens is 2. The molecule has 5 nitrogen and oxygen atoms in total. The summed E-state index contributed by atoms with van der Waals surface area (Å²) in [5.41, 5.74) is 1.06. The molecule has 1 amide bonds. The minimum atomic E-state index is 0.187. The Labute approximate surface area is 101 Å². The minimum Gasteiger partial charge on any atom is -0.355 e. The molecule has 0 radical (unpaired) electrons. The average molecular weight is 236 g/mol. The van der Waals surface area contributed by atoms with E-state index in [2.05, 4.69) is 20.8 Å². The number of amides is 1. The molecule has 94 valence electrons. The van der Waals surface area contributed by atoms with Gasteiger partial charge in [-0.1, -0.05) is 0 Å². The molecule has 17 heavy (non-hydrogen) atoms. The maximum atomic E-state index is 11.9. The predicted octanol–water partition coefficient (Wildman–Crippen LogP) is 0.458. The van der Waals surface area contributed by atoms with Crippen LogP contribution in [0.15, 0.2) is 12.3 Å². The number of hydrogen-bond acceptors (Lipinski definition) is 3. The summed E-state index contributed by atoms with van der Waals surface area (Å²) in [5.74, 6) is 0.389. The molecular weight excluding hydrogens is 216 g/mol. The predicted molar refractivity (Wildman–Crippen MR) is 65.5 cm³/mol. The Morgan fingerprint density at radius 3 is 3.24 bits per heavy atom. The Bertz CT molecular complexity index is 328. The van der Waals surface area contributed by atoms with E-state index in [9.17, 15) is 4.79 Å². The van der Waals surface area contributed by atoms with Crippen LogP contribution >= 0.6 is 0 Å². The number of H-pyrrole nitrogens is 1. The topological polar surface area (TPSA) is 69.8 Å². The summed E-state index contributed by atoms with van der Waals surface area (Å²) in [6, 6.07) is 1.93. The van der Waals surface area contributed by atoms with E-state index in [1.165, 1.54) is 0 Å². The van der Waals surface area contributed by atoms with Crippen LogP contribution < -0.4 is 10.6 Å². The normalized spacial score (nSPS) is 20.8. The molecule has 2 rings (SSSR count). The van der Waals surface area contributed by atoms with Gasteiger partial charge in [0.2, 0.25) is 5.91 Å². The second-order valence-electron chi connectivity index (χ2n) is 4.50. The summed E-state index contributed by atoms with van der Waals surface area (Å²) in [6.45, 7) is 2.68. The van der Waals surface area contributed by atoms with E-state index in [0.29, 0.717) is 6.54 Å². The van der Waals surface area contributed by atoms with Crippen molar-refractivity contribution in [2.75, 3.05) is 19.6 Å². The summed E-state index contributed by atoms with van der Waals surface area (Å²) in [7, 11) is 0. The molecule has 0 spiro atoms. The third kappa shape index (κ3) is 3.85. The molecule has 0 bridgehead atoms. The molecular formula is C12H20N4O. The van der Waals surface area contributed by atoms with Crippen molar-refractivity contribution in [3.05, 3.63) is 18.0 Å². The molecule has 1 atom stereocenters. The molecule has 2 heterocycles. The number of carbonyl (C=O) groups excluding carboxylic acids is 1. The van der Waals surface area contributed by atoms with Crippen LogP contribution in [0.5, 0.6) is 0 Å². The van der Waals surface area contributed by atoms with E-state index in [1.807, 2.05) is 6.07 Å². The van der Waals surface area contributed by atoms with Crippen LogP contribution in [0, 0.1) is 5.92 Å². The number of nitrogens with zero attached hydrogens (tertiary/aromatic N) is 1. The lowest BCUT2D eigenvalue weighted by Gasteiger charge is -2.13. The lowest BCUT2D eigenvalue weighted by Crippen LogP contribution is -2.32. The van der Waals surface area contributed by atoms with Crippen LogP contribution in [0.25, 0.3) is 0 Å². The lowest BCUT2D eigenvalue weighted by atomic mass is 10.00. The number of carbonyl (C=O) groups is 1. The molecule has 1 aromatic heterocycles. The first-order chi connectivity index (χ1) is 8.36. The van der Waals surface area contributed by atoms with Gasteiger partial charge in [-0.25, -0.2) is 0 Å². The molecule has 3 N–H and O–H groups in total. The third-order valence-corrected chi connectivity index (χ3v) is 3.20. The third-order valence-electron chi connectivity index (χ3n) is 3.20. The fraction of sp³-hybridized carbons (Fsp3) is 0.667. The van der Waals surface area contributed by atoms with Crippen molar-refractivity contribution in [2.45, 2.75) is 25.7 Å². The average Bonchev–Trinajstić information content (AvgIpc) is 2.69. The van der Waals surface area contributed by atoms with Crippen LogP contribution in [0.1, 0.15) is 25.0 Å². The van der Waals surface area contributed by atoms with Crippen LogP contribution in [-0.2, 0) is 11.2 Å². The zero-order chi connectivity index (χ0) is 11.9. The molecule has 1 saturated heterocycles. The monoisotopic (exact) mass is 236 g/mol. The van der Waals surface area contributed by atoms with E-state index in [-0.39, 0.29) is 11.8 Å². The Hall–Kier alpha value is -1.36. The van der Waals surface area contributed by atoms with Gasteiger partial charge in [-0.2, -0.15) is 5.10 Å². The van der Waals surface area contributed by atoms with Gasteiger partial charge < -0.3 is 10.6 Å². The highest BCUT2D eigenvalue weighted by Crippen LogP contribution is 2.13. The Kier molecular flexibility index (Phi) is 4.55. The number of hydrogen-bond donors (Lipinski definition) is 3. The van der Waals surface area contributed by atoms with Crippen LogP contribution in [0.2, 0.25) is 0 Å². The minimum absolute atomic E-state index is 0.187. The molecule has 1 fully saturated rings. The largest absolute Gasteiger partial charge is 0.355 e. The summed E-state index contributed by atoms with van der Waals surface area (Å²) < 4.78 is 0. The molecule has 5 heteroatoms. The highest BCUT2D eigenvalue weighted by Gasteiger charge is 2.19. The molecule has 0 aromatic carbocycles. The molecule has 1 aliphatic heterocycles. The fourth-order valence-electron chi connectivity index (χ4n) is 2.17. The van der Waals surface area contributed by atoms with Gasteiger partial charge in [-0.3, -0.25) is 9.89 Å². The van der Waals surface area contributed by atoms with Gasteiger partial charge in [0.05, 0.1) is 0 Å². The summed E-state index contributed by atoms with van der Waals surface area (Å²) in [5, 5.41) is 13.1. The van der Waals surface area contributed by atoms with Crippen LogP contribution in [0.3, 0.4) is 0 Å². The van der Waals surface area contributed by atoms with Gasteiger partial charge in [0, 0.05) is 30.8 Å². The quantitative estimate of drug-likeness (QED) is 0.711. The zero-order valence-electron chi connectivity index (χ0n) is 10.0. The molecule has 1 aromatic rings. The van der Waals surface area contributed by atoms with Crippen molar-refractivity contribution in [3.63, 3.8) is 0 Å². The fourth-order valence-corrected chi connectivity index (χ4v) is 2.17. The van der Waals surface area contributed by atoms with Crippen LogP contribution in [0.4, 0.5) is 0 Å². The van der Waals surface area contributed by atoms with E-state index >= 15 is 0 Å². The molecule has 0 saturated carbocycles. The standard InChI is InChI=1S/C12H20N4O/c17-12(10-2-1-6-13-7-3-10)14-8-4-11-5-9-15-16-11/h5,9-10,13H,1-4,6-8H2,(H,14,17)(H,15,16). The Morgan fingerprint density at radius 1 is 1.47 bits per heavy atom. The molecule has 0 aliphatic carbocycles. The van der Waals surface area contributed by atoms with Gasteiger partial charge >= 0.3 is 0 Å². The smallest absolute Gasteiger partial charge is 0.223 e. The van der Waals surface area contributed by atoms with Crippen molar-refractivity contribution < 1.29 is 4.79 Å². The maximum absolute atomic E-state index is 11.9. The summed E-state index contributed by atoms with van der Waals surface area (Å²) in [6.07, 6.45) is 5.60. The molecule has 1 unspecified atom stereocenters. The highest BCUT2D eigenvalue weighted by molar-refractivity contribution is 5.78. The van der Waals surface area contributed by atoms with Gasteiger partial charge in [0.15, 0.2) is 0 Å². The first-order valence-corrected chi connectivity index (χ1v) is 6.33. The lowest BCUT2D eigenvalue weighted by molar-refractivity contribution is -0.125. The number of aromatic amines is 1. The molecule has 1 aliphatic rings. The first-order valence-electron chi connectivity index (χ1n) is 6.33. The number of nitrogens with one attached hydrogen (secondary N) is 3. The second kappa shape index (κ2) is 6.39. The SMILES string of the molecule is O=C(NCCc1ccn[nH]1)C1CCCNCC1. The van der Waals surface area contributed by atoms with Gasteiger partial charge in [-0.05, 0) is 38.4 Å². The van der Waals surface area contributed by atoms with Gasteiger partial charge in [0.1, 0.15) is 0 Å². The van der Waals surface area contributed by atoms with Crippen molar-refractivity contribution in [2.24, 2.45) is 5.92 Å². The second-order valence-corrected chi connectivity index (χ2v) is 4.50. The van der Waals surface area contributed by atoms with Crippen molar-refractivity contribution in [1.29, 1.82) is 0 Å². The van der Waals surface area contributed by atoms with Gasteiger partial charge in [-0.15, -0.1) is 0 Å². The number of rotatable bonds is 4. The van der Waals surface area contributed by atoms with Crippen LogP contribution in [-0.4, -0.2) is 35.7 Å². The zero-order valence-corrected chi connectivity index (χ0v) is 10.0. The van der Waals surface area contributed by atoms with Gasteiger partial charge in [0.25, 0.3) is 0 Å². The maximum Gasteiger partial charge on any atom is 0.223 e. The highest BCUT2D eigenvalue weighted by atomic mass is 16.1. The van der Waals surface area contributed by atoms with E-state index in [4.69, 9.17) is 0 Å². The van der Waals surface area contributed by atoms with Crippen molar-refractivity contribution >= 4 is 5.91 Å². The first kappa shape index (κ1) is 12.1. The van der Waals surface area contributed by atoms with E-state index in [0.717, 1.165) is 44.5 Å².